The molecule has 1 N–H and O–H groups in total. The second kappa shape index (κ2) is 9.44. The molecule has 1 amide bonds. The van der Waals surface area contributed by atoms with Crippen LogP contribution in [0.25, 0.3) is 0 Å². The van der Waals surface area contributed by atoms with Crippen molar-refractivity contribution < 1.29 is 27.1 Å². The first-order valence-corrected chi connectivity index (χ1v) is 11.2. The minimum Gasteiger partial charge on any atom is -0.480 e. The molecular weight excluding hydrogens is 411 g/mol. The van der Waals surface area contributed by atoms with Gasteiger partial charge < -0.3 is 14.4 Å². The maximum absolute atomic E-state index is 13.1. The molecule has 1 heterocycles. The average molecular weight is 437 g/mol. The first kappa shape index (κ1) is 22.0. The van der Waals surface area contributed by atoms with Gasteiger partial charge in [0.25, 0.3) is 15.9 Å². The summed E-state index contributed by atoms with van der Waals surface area (Å²) in [5.74, 6) is -0.0627. The third kappa shape index (κ3) is 5.09. The van der Waals surface area contributed by atoms with E-state index in [-0.39, 0.29) is 10.8 Å². The van der Waals surface area contributed by atoms with E-state index in [4.69, 9.17) is 9.47 Å². The zero-order valence-electron chi connectivity index (χ0n) is 16.9. The summed E-state index contributed by atoms with van der Waals surface area (Å²) in [5.41, 5.74) is 1.04. The number of ether oxygens (including phenoxy) is 2. The Bertz CT molecular complexity index is 995. The topological polar surface area (TPSA) is 84.9 Å². The fraction of sp³-hybridized carbons (Fsp3) is 0.381. The van der Waals surface area contributed by atoms with Gasteiger partial charge in [-0.1, -0.05) is 6.92 Å². The number of amides is 1. The maximum Gasteiger partial charge on any atom is 0.263 e. The van der Waals surface area contributed by atoms with Crippen LogP contribution >= 0.6 is 0 Å². The molecule has 9 heteroatoms. The molecule has 0 spiro atoms. The molecule has 162 valence electrons. The van der Waals surface area contributed by atoms with Gasteiger partial charge in [0.2, 0.25) is 0 Å². The van der Waals surface area contributed by atoms with Gasteiger partial charge in [-0.3, -0.25) is 9.52 Å². The highest BCUT2D eigenvalue weighted by Gasteiger charge is 2.30. The van der Waals surface area contributed by atoms with Gasteiger partial charge in [-0.2, -0.15) is 0 Å². The van der Waals surface area contributed by atoms with Crippen LogP contribution in [0.1, 0.15) is 25.3 Å². The number of fused-ring (bicyclic) bond motifs is 1. The van der Waals surface area contributed by atoms with Crippen LogP contribution in [0.3, 0.4) is 0 Å². The van der Waals surface area contributed by atoms with Crippen LogP contribution in [0.5, 0.6) is 5.75 Å². The third-order valence-corrected chi connectivity index (χ3v) is 6.20. The quantitative estimate of drug-likeness (QED) is 0.643. The Labute approximate surface area is 175 Å². The molecular formula is C21H25FN2O5S. The second-order valence-corrected chi connectivity index (χ2v) is 8.69. The number of carbonyl (C=O) groups excluding carboxylic acids is 1. The minimum absolute atomic E-state index is 0.0440. The molecule has 30 heavy (non-hydrogen) atoms. The lowest BCUT2D eigenvalue weighted by molar-refractivity contribution is -0.138. The molecule has 1 aliphatic heterocycles. The van der Waals surface area contributed by atoms with Crippen molar-refractivity contribution >= 4 is 21.6 Å². The van der Waals surface area contributed by atoms with E-state index in [9.17, 15) is 17.6 Å². The Kier molecular flexibility index (Phi) is 6.94. The molecule has 0 saturated heterocycles. The summed E-state index contributed by atoms with van der Waals surface area (Å²) in [6, 6.07) is 9.48. The van der Waals surface area contributed by atoms with Gasteiger partial charge in [0, 0.05) is 38.1 Å². The average Bonchev–Trinajstić information content (AvgIpc) is 2.84. The molecule has 1 unspecified atom stereocenters. The standard InChI is InChI=1S/C21H25FN2O5S/c1-3-19-21(25)24(11-4-12-28-2)14-15-13-17(7-10-20(15)29-19)23-30(26,27)18-8-5-16(22)6-9-18/h5-10,13,19,23H,3-4,11-12,14H2,1-2H3. The fourth-order valence-electron chi connectivity index (χ4n) is 3.25. The van der Waals surface area contributed by atoms with Crippen LogP contribution in [0, 0.1) is 5.82 Å². The Morgan fingerprint density at radius 2 is 1.97 bits per heavy atom. The number of benzene rings is 2. The summed E-state index contributed by atoms with van der Waals surface area (Å²) >= 11 is 0. The van der Waals surface area contributed by atoms with Gasteiger partial charge in [0.1, 0.15) is 11.6 Å². The molecule has 2 aromatic rings. The first-order chi connectivity index (χ1) is 14.3. The number of hydrogen-bond donors (Lipinski definition) is 1. The molecule has 2 aromatic carbocycles. The lowest BCUT2D eigenvalue weighted by Crippen LogP contribution is -2.40. The maximum atomic E-state index is 13.1. The molecule has 7 nitrogen and oxygen atoms in total. The van der Waals surface area contributed by atoms with E-state index in [1.807, 2.05) is 6.92 Å². The number of methoxy groups -OCH3 is 1. The van der Waals surface area contributed by atoms with E-state index in [1.165, 1.54) is 12.1 Å². The van der Waals surface area contributed by atoms with Gasteiger partial charge in [-0.25, -0.2) is 12.8 Å². The number of nitrogens with one attached hydrogen (secondary N) is 1. The SMILES string of the molecule is CCC1Oc2ccc(NS(=O)(=O)c3ccc(F)cc3)cc2CN(CCCOC)C1=O. The molecule has 0 aliphatic carbocycles. The summed E-state index contributed by atoms with van der Waals surface area (Å²) in [6.07, 6.45) is 0.624. The highest BCUT2D eigenvalue weighted by Crippen LogP contribution is 2.30. The molecule has 1 atom stereocenters. The number of anilines is 1. The Morgan fingerprint density at radius 1 is 1.23 bits per heavy atom. The second-order valence-electron chi connectivity index (χ2n) is 7.00. The Hall–Kier alpha value is -2.65. The summed E-state index contributed by atoms with van der Waals surface area (Å²) in [7, 11) is -2.27. The van der Waals surface area contributed by atoms with Gasteiger partial charge >= 0.3 is 0 Å². The predicted octanol–water partition coefficient (Wildman–Crippen LogP) is 3.16. The van der Waals surface area contributed by atoms with Crippen LogP contribution in [0.4, 0.5) is 10.1 Å². The Morgan fingerprint density at radius 3 is 2.63 bits per heavy atom. The molecule has 0 fully saturated rings. The zero-order chi connectivity index (χ0) is 21.7. The number of halogens is 1. The van der Waals surface area contributed by atoms with Crippen molar-refractivity contribution in [3.05, 3.63) is 53.8 Å². The first-order valence-electron chi connectivity index (χ1n) is 9.69. The largest absolute Gasteiger partial charge is 0.480 e. The molecule has 3 rings (SSSR count). The molecule has 0 radical (unpaired) electrons. The smallest absolute Gasteiger partial charge is 0.263 e. The van der Waals surface area contributed by atoms with Crippen molar-refractivity contribution in [1.29, 1.82) is 0 Å². The number of nitrogens with zero attached hydrogens (tertiary/aromatic N) is 1. The lowest BCUT2D eigenvalue weighted by atomic mass is 10.1. The van der Waals surface area contributed by atoms with Crippen molar-refractivity contribution in [3.8, 4) is 5.75 Å². The zero-order valence-corrected chi connectivity index (χ0v) is 17.7. The van der Waals surface area contributed by atoms with Crippen molar-refractivity contribution in [3.63, 3.8) is 0 Å². The van der Waals surface area contributed by atoms with Crippen molar-refractivity contribution in [2.24, 2.45) is 0 Å². The molecule has 1 aliphatic rings. The monoisotopic (exact) mass is 436 g/mol. The van der Waals surface area contributed by atoms with E-state index in [1.54, 1.807) is 30.2 Å². The number of sulfonamides is 1. The lowest BCUT2D eigenvalue weighted by Gasteiger charge is -2.23. The summed E-state index contributed by atoms with van der Waals surface area (Å²) in [6.45, 7) is 3.23. The van der Waals surface area contributed by atoms with E-state index >= 15 is 0 Å². The highest BCUT2D eigenvalue weighted by atomic mass is 32.2. The predicted molar refractivity (Wildman–Crippen MR) is 110 cm³/mol. The van der Waals surface area contributed by atoms with Gasteiger partial charge in [-0.05, 0) is 55.3 Å². The van der Waals surface area contributed by atoms with Gasteiger partial charge in [0.05, 0.1) is 4.90 Å². The van der Waals surface area contributed by atoms with E-state index in [0.29, 0.717) is 49.5 Å². The summed E-state index contributed by atoms with van der Waals surface area (Å²) in [5, 5.41) is 0. The van der Waals surface area contributed by atoms with E-state index in [2.05, 4.69) is 4.72 Å². The van der Waals surface area contributed by atoms with Gasteiger partial charge in [0.15, 0.2) is 6.10 Å². The molecule has 0 bridgehead atoms. The fourth-order valence-corrected chi connectivity index (χ4v) is 4.30. The summed E-state index contributed by atoms with van der Waals surface area (Å²) < 4.78 is 51.8. The number of hydrogen-bond acceptors (Lipinski definition) is 5. The summed E-state index contributed by atoms with van der Waals surface area (Å²) in [4.78, 5) is 14.4. The molecule has 0 aromatic heterocycles. The van der Waals surface area contributed by atoms with Crippen LogP contribution in [-0.2, 0) is 26.1 Å². The minimum atomic E-state index is -3.88. The third-order valence-electron chi connectivity index (χ3n) is 4.80. The van der Waals surface area contributed by atoms with Gasteiger partial charge in [-0.15, -0.1) is 0 Å². The van der Waals surface area contributed by atoms with E-state index < -0.39 is 21.9 Å². The molecule has 0 saturated carbocycles. The van der Waals surface area contributed by atoms with E-state index in [0.717, 1.165) is 12.1 Å². The van der Waals surface area contributed by atoms with Crippen LogP contribution in [-0.4, -0.2) is 45.6 Å². The van der Waals surface area contributed by atoms with Crippen LogP contribution < -0.4 is 9.46 Å². The number of carbonyl (C=O) groups is 1. The van der Waals surface area contributed by atoms with Crippen molar-refractivity contribution in [2.45, 2.75) is 37.3 Å². The van der Waals surface area contributed by atoms with Crippen LogP contribution in [0.15, 0.2) is 47.4 Å². The van der Waals surface area contributed by atoms with Crippen molar-refractivity contribution in [2.75, 3.05) is 25.0 Å². The number of rotatable bonds is 8. The normalized spacial score (nSPS) is 16.6. The van der Waals surface area contributed by atoms with Crippen LogP contribution in [0.2, 0.25) is 0 Å². The van der Waals surface area contributed by atoms with Crippen molar-refractivity contribution in [1.82, 2.24) is 4.90 Å². The highest BCUT2D eigenvalue weighted by molar-refractivity contribution is 7.92. The Balaban J connectivity index is 1.85.